The van der Waals surface area contributed by atoms with E-state index in [0.717, 1.165) is 30.5 Å². The number of nitro benzene ring substituents is 1. The first kappa shape index (κ1) is 36.6. The number of aliphatic hydroxyl groups is 1. The van der Waals surface area contributed by atoms with E-state index >= 15 is 0 Å². The fourth-order valence-electron chi connectivity index (χ4n) is 8.57. The van der Waals surface area contributed by atoms with Gasteiger partial charge in [-0.25, -0.2) is 0 Å². The van der Waals surface area contributed by atoms with Gasteiger partial charge in [-0.15, -0.1) is 5.10 Å². The van der Waals surface area contributed by atoms with E-state index in [1.807, 2.05) is 68.5 Å². The van der Waals surface area contributed by atoms with Gasteiger partial charge in [0.2, 0.25) is 5.91 Å². The third-order valence-electron chi connectivity index (χ3n) is 11.0. The van der Waals surface area contributed by atoms with Gasteiger partial charge in [0.15, 0.2) is 13.9 Å². The molecule has 2 amide bonds. The van der Waals surface area contributed by atoms with Crippen LogP contribution >= 0.6 is 0 Å². The summed E-state index contributed by atoms with van der Waals surface area (Å²) < 4.78 is 8.58. The van der Waals surface area contributed by atoms with Crippen LogP contribution in [0.15, 0.2) is 79.0 Å². The van der Waals surface area contributed by atoms with Gasteiger partial charge in [0.05, 0.1) is 47.5 Å². The average molecular weight is 740 g/mol. The van der Waals surface area contributed by atoms with E-state index in [9.17, 15) is 29.6 Å². The predicted molar refractivity (Wildman–Crippen MR) is 200 cm³/mol. The number of nitrogens with zero attached hydrogens (tertiary/aromatic N) is 5. The summed E-state index contributed by atoms with van der Waals surface area (Å²) >= 11 is 0. The lowest BCUT2D eigenvalue weighted by molar-refractivity contribution is -0.385. The molecule has 0 radical (unpaired) electrons. The van der Waals surface area contributed by atoms with Crippen molar-refractivity contribution in [2.24, 2.45) is 5.92 Å². The molecule has 2 fully saturated rings. The number of aryl methyl sites for hydroxylation is 1. The van der Waals surface area contributed by atoms with Gasteiger partial charge in [0.1, 0.15) is 0 Å². The molecule has 0 aliphatic carbocycles. The third-order valence-corrected chi connectivity index (χ3v) is 13.5. The fraction of sp³-hybridized carbons (Fsp3) is 0.421. The van der Waals surface area contributed by atoms with Crippen molar-refractivity contribution in [2.75, 3.05) is 23.4 Å². The Balaban J connectivity index is 1.17. The highest BCUT2D eigenvalue weighted by atomic mass is 28.4. The number of carbonyl (C=O) groups is 2. The first-order valence-electron chi connectivity index (χ1n) is 18.1. The smallest absolute Gasteiger partial charge is 0.269 e. The quantitative estimate of drug-likeness (QED) is 0.0921. The Kier molecular flexibility index (Phi) is 10.0. The van der Waals surface area contributed by atoms with E-state index in [-0.39, 0.29) is 42.6 Å². The maximum Gasteiger partial charge on any atom is 0.269 e. The number of ether oxygens (including phenoxy) is 1. The highest BCUT2D eigenvalue weighted by molar-refractivity contribution is 6.71. The first-order valence-corrected chi connectivity index (χ1v) is 21.1. The Bertz CT molecular complexity index is 2000. The molecule has 0 bridgehead atoms. The van der Waals surface area contributed by atoms with Crippen molar-refractivity contribution in [3.8, 4) is 0 Å². The number of hydrogen-bond donors (Lipinski definition) is 4. The Morgan fingerprint density at radius 1 is 1.17 bits per heavy atom. The predicted octanol–water partition coefficient (Wildman–Crippen LogP) is 4.44. The van der Waals surface area contributed by atoms with Crippen LogP contribution in [-0.2, 0) is 33.0 Å². The zero-order chi connectivity index (χ0) is 37.5. The molecular weight excluding hydrogens is 695 g/mol. The molecule has 3 aromatic carbocycles. The van der Waals surface area contributed by atoms with Gasteiger partial charge in [-0.1, -0.05) is 54.6 Å². The van der Waals surface area contributed by atoms with Crippen LogP contribution in [0.3, 0.4) is 0 Å². The lowest BCUT2D eigenvalue weighted by atomic mass is 9.82. The number of non-ortho nitro benzene ring substituents is 1. The molecule has 4 heterocycles. The van der Waals surface area contributed by atoms with Gasteiger partial charge in [0.25, 0.3) is 11.6 Å². The van der Waals surface area contributed by atoms with Crippen LogP contribution in [0.1, 0.15) is 54.5 Å². The second-order valence-corrected chi connectivity index (χ2v) is 18.9. The van der Waals surface area contributed by atoms with Crippen molar-refractivity contribution in [3.63, 3.8) is 0 Å². The minimum Gasteiger partial charge on any atom is -0.432 e. The summed E-state index contributed by atoms with van der Waals surface area (Å²) in [6.07, 6.45) is 3.31. The van der Waals surface area contributed by atoms with Gasteiger partial charge < -0.3 is 30.2 Å². The lowest BCUT2D eigenvalue weighted by Gasteiger charge is -2.32. The Morgan fingerprint density at radius 2 is 1.96 bits per heavy atom. The molecule has 2 saturated heterocycles. The van der Waals surface area contributed by atoms with Crippen LogP contribution in [0.4, 0.5) is 17.1 Å². The molecule has 15 heteroatoms. The summed E-state index contributed by atoms with van der Waals surface area (Å²) in [7, 11) is -3.01. The summed E-state index contributed by atoms with van der Waals surface area (Å²) in [5.41, 5.74) is 1.67. The van der Waals surface area contributed by atoms with Gasteiger partial charge in [-0.3, -0.25) is 24.4 Å². The third kappa shape index (κ3) is 6.90. The van der Waals surface area contributed by atoms with Crippen LogP contribution in [0.2, 0.25) is 18.6 Å². The van der Waals surface area contributed by atoms with Crippen LogP contribution in [-0.4, -0.2) is 75.2 Å². The first-order chi connectivity index (χ1) is 25.4. The van der Waals surface area contributed by atoms with E-state index < -0.39 is 36.4 Å². The second kappa shape index (κ2) is 14.6. The fourth-order valence-corrected chi connectivity index (χ4v) is 11.2. The number of carbonyl (C=O) groups excluding carboxylic acids is 2. The van der Waals surface area contributed by atoms with Crippen LogP contribution < -0.4 is 15.5 Å². The van der Waals surface area contributed by atoms with Crippen molar-refractivity contribution >= 4 is 37.2 Å². The van der Waals surface area contributed by atoms with Crippen LogP contribution in [0.25, 0.3) is 0 Å². The molecule has 3 aliphatic heterocycles. The molecule has 4 aromatic rings. The minimum atomic E-state index is -3.01. The average Bonchev–Trinajstić information content (AvgIpc) is 3.93. The van der Waals surface area contributed by atoms with Gasteiger partial charge in [-0.2, -0.15) is 0 Å². The summed E-state index contributed by atoms with van der Waals surface area (Å²) in [6, 6.07) is 21.1. The summed E-state index contributed by atoms with van der Waals surface area (Å²) in [5.74, 6) is -1.33. The number of benzene rings is 3. The maximum absolute atomic E-state index is 14.9. The summed E-state index contributed by atoms with van der Waals surface area (Å²) in [4.78, 5) is 52.6. The standard InChI is InChI=1S/C38H45N7O7Si/c1-24-35(53(2,3)51)34(16-18-43-22-32(41-42-43)29(23-46)26-10-5-4-6-11-26)52-38(24)30-20-28(45(49)50)14-15-33(30)44(37(38)48)21-25-9-7-12-27(19-25)40-36(47)31-13-8-17-39-31/h4-7,9-12,14-15,19-20,22,24,29,31,34-35,39,46,51H,8,13,16-18,21,23H2,1-3H3,(H,40,47)/t24-,29?,31+,34+,35-,38+/m0/s1. The number of amides is 2. The number of nitro groups is 1. The highest BCUT2D eigenvalue weighted by Crippen LogP contribution is 2.60. The minimum absolute atomic E-state index is 0.110. The molecule has 14 nitrogen and oxygen atoms in total. The molecule has 4 N–H and O–H groups in total. The number of hydrogen-bond acceptors (Lipinski definition) is 10. The van der Waals surface area contributed by atoms with Crippen molar-refractivity contribution in [2.45, 2.75) is 81.6 Å². The summed E-state index contributed by atoms with van der Waals surface area (Å²) in [6.45, 7) is 6.71. The van der Waals surface area contributed by atoms with Crippen molar-refractivity contribution in [3.05, 3.63) is 111 Å². The number of nitrogens with one attached hydrogen (secondary N) is 2. The monoisotopic (exact) mass is 739 g/mol. The number of aliphatic hydroxyl groups excluding tert-OH is 1. The molecule has 1 unspecified atom stereocenters. The molecule has 6 atom stereocenters. The Labute approximate surface area is 308 Å². The molecule has 278 valence electrons. The summed E-state index contributed by atoms with van der Waals surface area (Å²) in [5, 5.41) is 37.0. The molecule has 53 heavy (non-hydrogen) atoms. The SMILES string of the molecule is C[C@H]1[C@H]([Si](C)(C)O)[C@@H](CCn2cc(C(CO)c3ccccc3)nn2)O[C@]12C(=O)N(Cc1cccc(NC(=O)[C@H]3CCCN3)c1)c1ccc([N+](=O)[O-])cc12. The highest BCUT2D eigenvalue weighted by Gasteiger charge is 2.66. The van der Waals surface area contributed by atoms with E-state index in [1.165, 1.54) is 12.1 Å². The molecule has 7 rings (SSSR count). The van der Waals surface area contributed by atoms with E-state index in [4.69, 9.17) is 4.74 Å². The van der Waals surface area contributed by atoms with Gasteiger partial charge in [-0.05, 0) is 68.2 Å². The van der Waals surface area contributed by atoms with Gasteiger partial charge in [0, 0.05) is 47.6 Å². The van der Waals surface area contributed by atoms with E-state index in [2.05, 4.69) is 20.9 Å². The molecule has 0 saturated carbocycles. The largest absolute Gasteiger partial charge is 0.432 e. The number of aromatic nitrogens is 3. The van der Waals surface area contributed by atoms with E-state index in [0.29, 0.717) is 35.6 Å². The molecule has 1 spiro atoms. The van der Waals surface area contributed by atoms with Crippen molar-refractivity contribution in [1.82, 2.24) is 20.3 Å². The van der Waals surface area contributed by atoms with Crippen LogP contribution in [0, 0.1) is 16.0 Å². The zero-order valence-corrected chi connectivity index (χ0v) is 31.0. The van der Waals surface area contributed by atoms with Crippen LogP contribution in [0.5, 0.6) is 0 Å². The topological polar surface area (TPSA) is 185 Å². The molecule has 3 aliphatic rings. The van der Waals surface area contributed by atoms with E-state index in [1.54, 1.807) is 27.9 Å². The lowest BCUT2D eigenvalue weighted by Crippen LogP contribution is -2.46. The molecule has 1 aromatic heterocycles. The number of rotatable bonds is 12. The maximum atomic E-state index is 14.9. The molecular formula is C38H45N7O7Si. The van der Waals surface area contributed by atoms with Crippen molar-refractivity contribution < 1.29 is 29.2 Å². The number of fused-ring (bicyclic) bond motifs is 2. The Morgan fingerprint density at radius 3 is 2.66 bits per heavy atom. The van der Waals surface area contributed by atoms with Gasteiger partial charge >= 0.3 is 0 Å². The number of anilines is 2. The normalized spacial score (nSPS) is 24.5. The zero-order valence-electron chi connectivity index (χ0n) is 30.0. The van der Waals surface area contributed by atoms with Crippen molar-refractivity contribution in [1.29, 1.82) is 0 Å². The Hall–Kier alpha value is -4.80. The second-order valence-electron chi connectivity index (χ2n) is 14.9.